The number of hydrogen-bond donors (Lipinski definition) is 0. The Labute approximate surface area is 188 Å². The van der Waals surface area contributed by atoms with Crippen LogP contribution < -0.4 is 0 Å². The largest absolute Gasteiger partial charge is 0.462 e. The molecule has 11 heteroatoms. The summed E-state index contributed by atoms with van der Waals surface area (Å²) >= 11 is 1.04. The molecule has 0 aliphatic carbocycles. The first-order valence-corrected chi connectivity index (χ1v) is 11.6. The summed E-state index contributed by atoms with van der Waals surface area (Å²) in [5, 5.41) is 0.173. The highest BCUT2D eigenvalue weighted by atomic mass is 32.2. The normalized spacial score (nSPS) is 11.7. The van der Waals surface area contributed by atoms with Crippen molar-refractivity contribution < 1.29 is 36.7 Å². The van der Waals surface area contributed by atoms with Crippen LogP contribution in [0.1, 0.15) is 32.5 Å². The van der Waals surface area contributed by atoms with E-state index < -0.39 is 34.4 Å². The molecule has 0 bridgehead atoms. The van der Waals surface area contributed by atoms with E-state index in [1.54, 1.807) is 13.0 Å². The van der Waals surface area contributed by atoms with E-state index >= 15 is 0 Å². The van der Waals surface area contributed by atoms with E-state index in [0.717, 1.165) is 17.4 Å². The first kappa shape index (κ1) is 23.8. The third kappa shape index (κ3) is 4.65. The number of sulfonamides is 1. The van der Waals surface area contributed by atoms with Crippen LogP contribution in [0.5, 0.6) is 0 Å². The molecule has 8 nitrogen and oxygen atoms in total. The molecule has 3 rings (SSSR count). The zero-order valence-electron chi connectivity index (χ0n) is 17.5. The van der Waals surface area contributed by atoms with Gasteiger partial charge < -0.3 is 9.47 Å². The van der Waals surface area contributed by atoms with Crippen LogP contribution in [0, 0.1) is 5.82 Å². The van der Waals surface area contributed by atoms with Crippen molar-refractivity contribution >= 4 is 43.4 Å². The minimum atomic E-state index is -3.97. The van der Waals surface area contributed by atoms with Crippen LogP contribution in [0.4, 0.5) is 4.39 Å². The van der Waals surface area contributed by atoms with Crippen molar-refractivity contribution in [2.75, 3.05) is 20.8 Å². The lowest BCUT2D eigenvalue weighted by atomic mass is 10.1. The number of hydrogen-bond acceptors (Lipinski definition) is 8. The van der Waals surface area contributed by atoms with Gasteiger partial charge in [-0.2, -0.15) is 0 Å². The molecule has 0 aliphatic rings. The minimum absolute atomic E-state index is 0.0340. The summed E-state index contributed by atoms with van der Waals surface area (Å²) in [5.74, 6) is -2.04. The van der Waals surface area contributed by atoms with Gasteiger partial charge in [-0.05, 0) is 37.3 Å². The van der Waals surface area contributed by atoms with Crippen LogP contribution in [0.3, 0.4) is 0 Å². The number of hydroxylamine groups is 1. The summed E-state index contributed by atoms with van der Waals surface area (Å²) in [4.78, 5) is 29.7. The van der Waals surface area contributed by atoms with Gasteiger partial charge in [0.2, 0.25) is 0 Å². The van der Waals surface area contributed by atoms with Crippen LogP contribution in [-0.2, 0) is 30.9 Å². The Morgan fingerprint density at radius 1 is 1.09 bits per heavy atom. The van der Waals surface area contributed by atoms with Gasteiger partial charge in [-0.3, -0.25) is 4.84 Å². The van der Waals surface area contributed by atoms with Crippen molar-refractivity contribution in [3.8, 4) is 0 Å². The van der Waals surface area contributed by atoms with Gasteiger partial charge in [0.25, 0.3) is 10.0 Å². The molecule has 170 valence electrons. The van der Waals surface area contributed by atoms with E-state index in [1.807, 2.05) is 0 Å². The molecule has 0 radical (unpaired) electrons. The van der Waals surface area contributed by atoms with Crippen molar-refractivity contribution in [1.82, 2.24) is 4.47 Å². The van der Waals surface area contributed by atoms with E-state index in [-0.39, 0.29) is 32.9 Å². The molecule has 0 atom stereocenters. The van der Waals surface area contributed by atoms with Crippen molar-refractivity contribution in [2.45, 2.75) is 18.4 Å². The van der Waals surface area contributed by atoms with Crippen molar-refractivity contribution in [1.29, 1.82) is 0 Å². The standard InChI is InChI=1S/C21H20FNO7S2/c1-4-29-21(25)19-15(18-16(22)9-6-10-17(18)31-19)12-30-20(24)13-7-5-8-14(11-13)32(26,27)23(2)28-3/h5-11H,4,12H2,1-3H3. The lowest BCUT2D eigenvalue weighted by Gasteiger charge is -2.14. The molecule has 32 heavy (non-hydrogen) atoms. The highest BCUT2D eigenvalue weighted by molar-refractivity contribution is 7.89. The maximum Gasteiger partial charge on any atom is 0.348 e. The SMILES string of the molecule is CCOC(=O)c1sc2cccc(F)c2c1COC(=O)c1cccc(S(=O)(=O)N(C)OC)c1. The number of thiophene rings is 1. The van der Waals surface area contributed by atoms with Gasteiger partial charge in [-0.1, -0.05) is 16.6 Å². The summed E-state index contributed by atoms with van der Waals surface area (Å²) in [6.45, 7) is 1.38. The van der Waals surface area contributed by atoms with Crippen LogP contribution in [0.15, 0.2) is 47.4 Å². The maximum absolute atomic E-state index is 14.5. The van der Waals surface area contributed by atoms with Gasteiger partial charge in [0.05, 0.1) is 24.2 Å². The predicted molar refractivity (Wildman–Crippen MR) is 115 cm³/mol. The third-order valence-corrected chi connectivity index (χ3v) is 7.39. The van der Waals surface area contributed by atoms with Crippen LogP contribution in [-0.4, -0.2) is 45.6 Å². The molecule has 0 amide bonds. The summed E-state index contributed by atoms with van der Waals surface area (Å²) in [5.41, 5.74) is 0.158. The Morgan fingerprint density at radius 3 is 2.50 bits per heavy atom. The van der Waals surface area contributed by atoms with Crippen LogP contribution in [0.25, 0.3) is 10.1 Å². The van der Waals surface area contributed by atoms with Crippen LogP contribution in [0.2, 0.25) is 0 Å². The fraction of sp³-hybridized carbons (Fsp3) is 0.238. The summed E-state index contributed by atoms with van der Waals surface area (Å²) in [7, 11) is -1.56. The number of ether oxygens (including phenoxy) is 2. The Kier molecular flexibility index (Phi) is 7.24. The quantitative estimate of drug-likeness (QED) is 0.357. The molecular weight excluding hydrogens is 461 g/mol. The van der Waals surface area contributed by atoms with E-state index in [9.17, 15) is 22.4 Å². The highest BCUT2D eigenvalue weighted by Gasteiger charge is 2.25. The molecule has 1 aromatic heterocycles. The molecular formula is C21H20FNO7S2. The van der Waals surface area contributed by atoms with E-state index in [0.29, 0.717) is 9.17 Å². The van der Waals surface area contributed by atoms with Crippen molar-refractivity contribution in [2.24, 2.45) is 0 Å². The smallest absolute Gasteiger partial charge is 0.348 e. The molecule has 0 spiro atoms. The zero-order valence-corrected chi connectivity index (χ0v) is 19.1. The monoisotopic (exact) mass is 481 g/mol. The Bertz CT molecular complexity index is 1270. The fourth-order valence-electron chi connectivity index (χ4n) is 2.92. The topological polar surface area (TPSA) is 99.2 Å². The van der Waals surface area contributed by atoms with Gasteiger partial charge >= 0.3 is 11.9 Å². The molecule has 0 fully saturated rings. The predicted octanol–water partition coefficient (Wildman–Crippen LogP) is 3.76. The summed E-state index contributed by atoms with van der Waals surface area (Å²) < 4.78 is 50.8. The minimum Gasteiger partial charge on any atom is -0.462 e. The molecule has 0 unspecified atom stereocenters. The van der Waals surface area contributed by atoms with Crippen molar-refractivity contribution in [3.05, 3.63) is 64.3 Å². The van der Waals surface area contributed by atoms with Gasteiger partial charge in [-0.25, -0.2) is 22.4 Å². The molecule has 1 heterocycles. The third-order valence-electron chi connectivity index (χ3n) is 4.53. The number of rotatable bonds is 8. The average Bonchev–Trinajstić information content (AvgIpc) is 3.17. The average molecular weight is 482 g/mol. The second-order valence-corrected chi connectivity index (χ2v) is 9.43. The number of carbonyl (C=O) groups excluding carboxylic acids is 2. The Hall–Kier alpha value is -2.86. The van der Waals surface area contributed by atoms with E-state index in [4.69, 9.17) is 14.3 Å². The zero-order chi connectivity index (χ0) is 23.5. The second-order valence-electron chi connectivity index (χ2n) is 6.44. The van der Waals surface area contributed by atoms with E-state index in [1.165, 1.54) is 44.5 Å². The lowest BCUT2D eigenvalue weighted by Crippen LogP contribution is -2.26. The summed E-state index contributed by atoms with van der Waals surface area (Å²) in [6.07, 6.45) is 0. The van der Waals surface area contributed by atoms with Crippen molar-refractivity contribution in [3.63, 3.8) is 0 Å². The number of benzene rings is 2. The number of carbonyl (C=O) groups is 2. The van der Waals surface area contributed by atoms with Crippen LogP contribution >= 0.6 is 11.3 Å². The Balaban J connectivity index is 1.91. The molecule has 0 N–H and O–H groups in total. The first-order chi connectivity index (χ1) is 15.2. The molecule has 0 aliphatic heterocycles. The molecule has 2 aromatic carbocycles. The second kappa shape index (κ2) is 9.74. The number of fused-ring (bicyclic) bond motifs is 1. The maximum atomic E-state index is 14.5. The number of halogens is 1. The van der Waals surface area contributed by atoms with E-state index in [2.05, 4.69) is 0 Å². The van der Waals surface area contributed by atoms with Gasteiger partial charge in [0.1, 0.15) is 17.3 Å². The Morgan fingerprint density at radius 2 is 1.81 bits per heavy atom. The van der Waals surface area contributed by atoms with Gasteiger partial charge in [-0.15, -0.1) is 11.3 Å². The molecule has 3 aromatic rings. The lowest BCUT2D eigenvalue weighted by molar-refractivity contribution is -0.0258. The van der Waals surface area contributed by atoms with Gasteiger partial charge in [0, 0.05) is 22.7 Å². The number of esters is 2. The fourth-order valence-corrected chi connectivity index (χ4v) is 5.05. The molecule has 0 saturated heterocycles. The van der Waals surface area contributed by atoms with Gasteiger partial charge in [0.15, 0.2) is 0 Å². The number of nitrogens with zero attached hydrogens (tertiary/aromatic N) is 1. The highest BCUT2D eigenvalue weighted by Crippen LogP contribution is 2.34. The molecule has 0 saturated carbocycles. The summed E-state index contributed by atoms with van der Waals surface area (Å²) in [6, 6.07) is 9.63. The first-order valence-electron chi connectivity index (χ1n) is 9.38.